The second-order valence-electron chi connectivity index (χ2n) is 5.13. The Morgan fingerprint density at radius 2 is 2.30 bits per heavy atom. The largest absolute Gasteiger partial charge is 0.374 e. The van der Waals surface area contributed by atoms with Gasteiger partial charge in [0.2, 0.25) is 11.0 Å². The minimum Gasteiger partial charge on any atom is -0.374 e. The van der Waals surface area contributed by atoms with Gasteiger partial charge < -0.3 is 16.0 Å². The zero-order chi connectivity index (χ0) is 16.4. The van der Waals surface area contributed by atoms with Gasteiger partial charge in [0.1, 0.15) is 5.82 Å². The van der Waals surface area contributed by atoms with E-state index in [4.69, 9.17) is 5.73 Å². The Bertz CT molecular complexity index is 843. The summed E-state index contributed by atoms with van der Waals surface area (Å²) in [7, 11) is 0. The van der Waals surface area contributed by atoms with Gasteiger partial charge in [-0.2, -0.15) is 0 Å². The van der Waals surface area contributed by atoms with Crippen molar-refractivity contribution in [2.45, 2.75) is 24.2 Å². The van der Waals surface area contributed by atoms with Crippen LogP contribution >= 0.6 is 23.1 Å². The van der Waals surface area contributed by atoms with Gasteiger partial charge in [0.15, 0.2) is 4.34 Å². The minimum absolute atomic E-state index is 0.0899. The number of thioether (sulfide) groups is 1. The highest BCUT2D eigenvalue weighted by molar-refractivity contribution is 8.01. The molecule has 1 atom stereocenters. The molecule has 0 spiro atoms. The summed E-state index contributed by atoms with van der Waals surface area (Å²) in [4.78, 5) is 19.8. The van der Waals surface area contributed by atoms with Gasteiger partial charge in [0, 0.05) is 0 Å². The van der Waals surface area contributed by atoms with Crippen LogP contribution in [0.4, 0.5) is 5.13 Å². The zero-order valence-electron chi connectivity index (χ0n) is 12.7. The monoisotopic (exact) mass is 348 g/mol. The number of H-pyrrole nitrogens is 1. The van der Waals surface area contributed by atoms with Crippen LogP contribution in [0, 0.1) is 6.92 Å². The summed E-state index contributed by atoms with van der Waals surface area (Å²) in [6.45, 7) is 3.93. The summed E-state index contributed by atoms with van der Waals surface area (Å²) < 4.78 is 0.685. The van der Waals surface area contributed by atoms with Crippen molar-refractivity contribution in [2.24, 2.45) is 0 Å². The number of aromatic amines is 1. The van der Waals surface area contributed by atoms with Crippen molar-refractivity contribution in [3.63, 3.8) is 0 Å². The van der Waals surface area contributed by atoms with E-state index in [2.05, 4.69) is 25.5 Å². The van der Waals surface area contributed by atoms with E-state index in [0.29, 0.717) is 9.47 Å². The van der Waals surface area contributed by atoms with E-state index >= 15 is 0 Å². The van der Waals surface area contributed by atoms with E-state index in [1.807, 2.05) is 32.0 Å². The van der Waals surface area contributed by atoms with Crippen molar-refractivity contribution in [2.75, 3.05) is 11.5 Å². The maximum atomic E-state index is 12.0. The highest BCUT2D eigenvalue weighted by Gasteiger charge is 2.14. The lowest BCUT2D eigenvalue weighted by atomic mass is 10.2. The number of nitrogens with two attached hydrogens (primary N) is 1. The molecule has 4 N–H and O–H groups in total. The third-order valence-corrected chi connectivity index (χ3v) is 5.08. The number of carbonyl (C=O) groups is 1. The van der Waals surface area contributed by atoms with Crippen LogP contribution in [0.5, 0.6) is 0 Å². The number of hydrogen-bond acceptors (Lipinski definition) is 7. The van der Waals surface area contributed by atoms with Gasteiger partial charge in [-0.1, -0.05) is 29.2 Å². The summed E-state index contributed by atoms with van der Waals surface area (Å²) in [5.74, 6) is 0.912. The van der Waals surface area contributed by atoms with Crippen molar-refractivity contribution < 1.29 is 4.79 Å². The van der Waals surface area contributed by atoms with Gasteiger partial charge in [-0.25, -0.2) is 4.98 Å². The van der Waals surface area contributed by atoms with Crippen LogP contribution in [-0.2, 0) is 4.79 Å². The van der Waals surface area contributed by atoms with E-state index in [0.717, 1.165) is 22.4 Å². The summed E-state index contributed by atoms with van der Waals surface area (Å²) in [6, 6.07) is 5.82. The Morgan fingerprint density at radius 1 is 1.48 bits per heavy atom. The molecule has 9 heteroatoms. The quantitative estimate of drug-likeness (QED) is 0.610. The van der Waals surface area contributed by atoms with E-state index in [1.165, 1.54) is 23.1 Å². The van der Waals surface area contributed by atoms with Crippen LogP contribution in [0.15, 0.2) is 22.5 Å². The van der Waals surface area contributed by atoms with E-state index in [-0.39, 0.29) is 17.7 Å². The standard InChI is InChI=1S/C14H16N6OS2/c1-7-3-4-9-10(5-7)18-12(17-9)8(2)16-11(21)6-22-14-20-19-13(15)23-14/h3-5,8H,6H2,1-2H3,(H2,15,19)(H,16,21)(H,17,18)/t8-/m0/s1. The molecule has 0 saturated heterocycles. The lowest BCUT2D eigenvalue weighted by molar-refractivity contribution is -0.119. The van der Waals surface area contributed by atoms with Crippen molar-refractivity contribution in [3.8, 4) is 0 Å². The SMILES string of the molecule is Cc1ccc2nc([C@H](C)NC(=O)CSc3nnc(N)s3)[nH]c2c1. The fourth-order valence-corrected chi connectivity index (χ4v) is 3.55. The molecule has 23 heavy (non-hydrogen) atoms. The van der Waals surface area contributed by atoms with Crippen LogP contribution in [-0.4, -0.2) is 31.8 Å². The number of amides is 1. The fraction of sp³-hybridized carbons (Fsp3) is 0.286. The first-order chi connectivity index (χ1) is 11.0. The molecule has 2 aromatic heterocycles. The summed E-state index contributed by atoms with van der Waals surface area (Å²) in [5.41, 5.74) is 8.54. The molecule has 0 fully saturated rings. The predicted octanol–water partition coefficient (Wildman–Crippen LogP) is 2.27. The van der Waals surface area contributed by atoms with Gasteiger partial charge in [-0.3, -0.25) is 4.79 Å². The number of benzene rings is 1. The third-order valence-electron chi connectivity index (χ3n) is 3.19. The van der Waals surface area contributed by atoms with Gasteiger partial charge in [-0.15, -0.1) is 10.2 Å². The molecule has 0 unspecified atom stereocenters. The highest BCUT2D eigenvalue weighted by Crippen LogP contribution is 2.23. The minimum atomic E-state index is -0.199. The molecule has 0 radical (unpaired) electrons. The second kappa shape index (κ2) is 6.55. The number of carbonyl (C=O) groups excluding carboxylic acids is 1. The molecule has 3 aromatic rings. The number of hydrogen-bond donors (Lipinski definition) is 3. The smallest absolute Gasteiger partial charge is 0.231 e. The number of rotatable bonds is 5. The molecule has 0 aliphatic carbocycles. The average Bonchev–Trinajstić information content (AvgIpc) is 3.10. The first-order valence-corrected chi connectivity index (χ1v) is 8.79. The molecule has 1 amide bonds. The van der Waals surface area contributed by atoms with Crippen LogP contribution in [0.3, 0.4) is 0 Å². The second-order valence-corrected chi connectivity index (χ2v) is 7.36. The summed E-state index contributed by atoms with van der Waals surface area (Å²) in [6.07, 6.45) is 0. The van der Waals surface area contributed by atoms with Gasteiger partial charge in [0.05, 0.1) is 22.8 Å². The molecule has 0 aliphatic heterocycles. The number of aryl methyl sites for hydroxylation is 1. The number of imidazole rings is 1. The Morgan fingerprint density at radius 3 is 3.04 bits per heavy atom. The Hall–Kier alpha value is -2.13. The number of nitrogens with zero attached hydrogens (tertiary/aromatic N) is 3. The van der Waals surface area contributed by atoms with Crippen molar-refractivity contribution in [1.82, 2.24) is 25.5 Å². The van der Waals surface area contributed by atoms with Crippen molar-refractivity contribution in [3.05, 3.63) is 29.6 Å². The first-order valence-electron chi connectivity index (χ1n) is 6.98. The molecule has 1 aromatic carbocycles. The molecule has 2 heterocycles. The van der Waals surface area contributed by atoms with Crippen LogP contribution in [0.25, 0.3) is 11.0 Å². The summed E-state index contributed by atoms with van der Waals surface area (Å²) in [5, 5.41) is 10.9. The van der Waals surface area contributed by atoms with E-state index in [9.17, 15) is 4.79 Å². The molecule has 0 bridgehead atoms. The van der Waals surface area contributed by atoms with Crippen LogP contribution in [0.1, 0.15) is 24.4 Å². The average molecular weight is 348 g/mol. The van der Waals surface area contributed by atoms with Gasteiger partial charge in [0.25, 0.3) is 0 Å². The number of nitrogen functional groups attached to an aromatic ring is 1. The Balaban J connectivity index is 1.60. The van der Waals surface area contributed by atoms with E-state index < -0.39 is 0 Å². The molecule has 3 rings (SSSR count). The normalized spacial score (nSPS) is 12.4. The molecular weight excluding hydrogens is 332 g/mol. The molecule has 7 nitrogen and oxygen atoms in total. The lowest BCUT2D eigenvalue weighted by Gasteiger charge is -2.10. The molecule has 0 saturated carbocycles. The first kappa shape index (κ1) is 15.8. The number of aromatic nitrogens is 4. The molecule has 120 valence electrons. The van der Waals surface area contributed by atoms with Crippen molar-refractivity contribution >= 4 is 45.2 Å². The van der Waals surface area contributed by atoms with Crippen LogP contribution in [0.2, 0.25) is 0 Å². The number of fused-ring (bicyclic) bond motifs is 1. The maximum Gasteiger partial charge on any atom is 0.231 e. The summed E-state index contributed by atoms with van der Waals surface area (Å²) >= 11 is 2.59. The molecule has 0 aliphatic rings. The lowest BCUT2D eigenvalue weighted by Crippen LogP contribution is -2.28. The topological polar surface area (TPSA) is 110 Å². The van der Waals surface area contributed by atoms with Gasteiger partial charge >= 0.3 is 0 Å². The Kier molecular flexibility index (Phi) is 4.49. The zero-order valence-corrected chi connectivity index (χ0v) is 14.3. The Labute approximate surface area is 141 Å². The maximum absolute atomic E-state index is 12.0. The van der Waals surface area contributed by atoms with Crippen molar-refractivity contribution in [1.29, 1.82) is 0 Å². The fourth-order valence-electron chi connectivity index (χ4n) is 2.11. The number of anilines is 1. The van der Waals surface area contributed by atoms with E-state index in [1.54, 1.807) is 0 Å². The number of nitrogens with one attached hydrogen (secondary N) is 2. The van der Waals surface area contributed by atoms with Crippen LogP contribution < -0.4 is 11.1 Å². The highest BCUT2D eigenvalue weighted by atomic mass is 32.2. The molecular formula is C14H16N6OS2. The third kappa shape index (κ3) is 3.80. The van der Waals surface area contributed by atoms with Gasteiger partial charge in [-0.05, 0) is 31.5 Å². The predicted molar refractivity (Wildman–Crippen MR) is 92.4 cm³/mol.